The Hall–Kier alpha value is -1.07. The molecule has 1 fully saturated rings. The topological polar surface area (TPSA) is 45.6 Å². The monoisotopic (exact) mass is 367 g/mol. The molecule has 122 valence electrons. The second kappa shape index (κ2) is 8.53. The van der Waals surface area contributed by atoms with Gasteiger partial charge < -0.3 is 15.4 Å². The number of aliphatic imine (C=N–C) groups is 1. The zero-order chi connectivity index (χ0) is 15.8. The van der Waals surface area contributed by atoms with E-state index in [1.807, 2.05) is 14.0 Å². The number of benzene rings is 1. The number of nitrogens with one attached hydrogen (secondary N) is 2. The van der Waals surface area contributed by atoms with Crippen molar-refractivity contribution in [2.75, 3.05) is 33.4 Å². The molecule has 22 heavy (non-hydrogen) atoms. The van der Waals surface area contributed by atoms with Gasteiger partial charge in [-0.25, -0.2) is 0 Å². The predicted molar refractivity (Wildman–Crippen MR) is 95.5 cm³/mol. The maximum Gasteiger partial charge on any atom is 0.191 e. The highest BCUT2D eigenvalue weighted by atomic mass is 79.9. The lowest BCUT2D eigenvalue weighted by Gasteiger charge is -2.20. The van der Waals surface area contributed by atoms with E-state index in [-0.39, 0.29) is 5.41 Å². The molecule has 0 heterocycles. The molecule has 0 radical (unpaired) electrons. The molecule has 2 N–H and O–H groups in total. The molecule has 2 rings (SSSR count). The molecule has 1 saturated carbocycles. The number of halogens is 1. The van der Waals surface area contributed by atoms with E-state index in [0.717, 1.165) is 38.7 Å². The van der Waals surface area contributed by atoms with E-state index in [9.17, 15) is 0 Å². The summed E-state index contributed by atoms with van der Waals surface area (Å²) in [6.45, 7) is 5.38. The van der Waals surface area contributed by atoms with Gasteiger partial charge in [-0.3, -0.25) is 4.99 Å². The average molecular weight is 368 g/mol. The number of nitrogens with zero attached hydrogens (tertiary/aromatic N) is 1. The van der Waals surface area contributed by atoms with Gasteiger partial charge in [0.25, 0.3) is 0 Å². The second-order valence-electron chi connectivity index (χ2n) is 5.66. The first-order valence-corrected chi connectivity index (χ1v) is 8.78. The first-order chi connectivity index (χ1) is 10.7. The molecule has 5 heteroatoms. The molecule has 0 bridgehead atoms. The first kappa shape index (κ1) is 17.3. The van der Waals surface area contributed by atoms with Crippen molar-refractivity contribution in [2.24, 2.45) is 4.99 Å². The normalized spacial score (nSPS) is 16.4. The van der Waals surface area contributed by atoms with E-state index >= 15 is 0 Å². The zero-order valence-electron chi connectivity index (χ0n) is 13.5. The second-order valence-corrected chi connectivity index (χ2v) is 6.52. The van der Waals surface area contributed by atoms with E-state index in [1.165, 1.54) is 22.9 Å². The fourth-order valence-electron chi connectivity index (χ4n) is 2.58. The van der Waals surface area contributed by atoms with Crippen LogP contribution in [0.2, 0.25) is 0 Å². The minimum Gasteiger partial charge on any atom is -0.382 e. The fraction of sp³-hybridized carbons (Fsp3) is 0.588. The van der Waals surface area contributed by atoms with Crippen LogP contribution in [0.3, 0.4) is 0 Å². The number of ether oxygens (including phenoxy) is 1. The quantitative estimate of drug-likeness (QED) is 0.421. The highest BCUT2D eigenvalue weighted by Crippen LogP contribution is 2.49. The maximum absolute atomic E-state index is 5.34. The summed E-state index contributed by atoms with van der Waals surface area (Å²) in [5, 5.41) is 6.81. The zero-order valence-corrected chi connectivity index (χ0v) is 15.1. The number of guanidine groups is 1. The summed E-state index contributed by atoms with van der Waals surface area (Å²) in [4.78, 5) is 4.29. The molecule has 0 aliphatic heterocycles. The summed E-state index contributed by atoms with van der Waals surface area (Å²) < 4.78 is 6.54. The lowest BCUT2D eigenvalue weighted by molar-refractivity contribution is 0.145. The van der Waals surface area contributed by atoms with Gasteiger partial charge in [-0.1, -0.05) is 34.1 Å². The third-order valence-corrected chi connectivity index (χ3v) is 4.77. The van der Waals surface area contributed by atoms with Crippen LogP contribution in [-0.4, -0.2) is 39.3 Å². The number of hydrogen-bond acceptors (Lipinski definition) is 2. The molecule has 0 saturated heterocycles. The number of rotatable bonds is 8. The van der Waals surface area contributed by atoms with Crippen molar-refractivity contribution in [2.45, 2.75) is 31.6 Å². The number of hydrogen-bond donors (Lipinski definition) is 2. The van der Waals surface area contributed by atoms with Gasteiger partial charge >= 0.3 is 0 Å². The van der Waals surface area contributed by atoms with Gasteiger partial charge in [-0.15, -0.1) is 0 Å². The Balaban J connectivity index is 1.80. The largest absolute Gasteiger partial charge is 0.382 e. The van der Waals surface area contributed by atoms with E-state index in [4.69, 9.17) is 4.74 Å². The minimum absolute atomic E-state index is 0.253. The van der Waals surface area contributed by atoms with Crippen LogP contribution in [0.5, 0.6) is 0 Å². The SMILES string of the molecule is CCOCCCNC(=NC)NCC1(c2ccccc2Br)CC1. The summed E-state index contributed by atoms with van der Waals surface area (Å²) in [5.41, 5.74) is 1.65. The van der Waals surface area contributed by atoms with Crippen LogP contribution in [0.15, 0.2) is 33.7 Å². The van der Waals surface area contributed by atoms with Gasteiger partial charge in [0.1, 0.15) is 0 Å². The van der Waals surface area contributed by atoms with Crippen LogP contribution in [0, 0.1) is 0 Å². The highest BCUT2D eigenvalue weighted by Gasteiger charge is 2.45. The molecule has 0 unspecified atom stereocenters. The summed E-state index contributed by atoms with van der Waals surface area (Å²) in [7, 11) is 1.82. The van der Waals surface area contributed by atoms with Gasteiger partial charge in [0.05, 0.1) is 0 Å². The minimum atomic E-state index is 0.253. The van der Waals surface area contributed by atoms with Crippen molar-refractivity contribution in [3.05, 3.63) is 34.3 Å². The lowest BCUT2D eigenvalue weighted by atomic mass is 9.96. The molecule has 4 nitrogen and oxygen atoms in total. The first-order valence-electron chi connectivity index (χ1n) is 7.99. The van der Waals surface area contributed by atoms with Crippen molar-refractivity contribution in [1.29, 1.82) is 0 Å². The summed E-state index contributed by atoms with van der Waals surface area (Å²) >= 11 is 3.67. The highest BCUT2D eigenvalue weighted by molar-refractivity contribution is 9.10. The Labute approximate surface area is 141 Å². The van der Waals surface area contributed by atoms with Gasteiger partial charge in [0.2, 0.25) is 0 Å². The molecular weight excluding hydrogens is 342 g/mol. The molecule has 0 spiro atoms. The summed E-state index contributed by atoms with van der Waals surface area (Å²) in [5.74, 6) is 0.870. The maximum atomic E-state index is 5.34. The molecule has 1 aromatic carbocycles. The Morgan fingerprint density at radius 1 is 1.32 bits per heavy atom. The van der Waals surface area contributed by atoms with Gasteiger partial charge in [0, 0.05) is 43.2 Å². The van der Waals surface area contributed by atoms with Gasteiger partial charge in [-0.2, -0.15) is 0 Å². The third-order valence-electron chi connectivity index (χ3n) is 4.08. The molecule has 0 aromatic heterocycles. The molecule has 1 aromatic rings. The summed E-state index contributed by atoms with van der Waals surface area (Å²) in [6, 6.07) is 8.52. The van der Waals surface area contributed by atoms with Gasteiger partial charge in [0.15, 0.2) is 5.96 Å². The Morgan fingerprint density at radius 2 is 2.09 bits per heavy atom. The van der Waals surface area contributed by atoms with E-state index in [0.29, 0.717) is 0 Å². The van der Waals surface area contributed by atoms with Crippen molar-refractivity contribution in [1.82, 2.24) is 10.6 Å². The van der Waals surface area contributed by atoms with Crippen molar-refractivity contribution < 1.29 is 4.74 Å². The standard InChI is InChI=1S/C17H26BrN3O/c1-3-22-12-6-11-20-16(19-2)21-13-17(9-10-17)14-7-4-5-8-15(14)18/h4-5,7-8H,3,6,9-13H2,1-2H3,(H2,19,20,21). The van der Waals surface area contributed by atoms with Gasteiger partial charge in [-0.05, 0) is 37.8 Å². The van der Waals surface area contributed by atoms with Crippen LogP contribution in [-0.2, 0) is 10.2 Å². The molecule has 0 atom stereocenters. The fourth-order valence-corrected chi connectivity index (χ4v) is 3.29. The Bertz CT molecular complexity index is 500. The van der Waals surface area contributed by atoms with Crippen LogP contribution >= 0.6 is 15.9 Å². The van der Waals surface area contributed by atoms with E-state index in [2.05, 4.69) is 55.8 Å². The van der Waals surface area contributed by atoms with Crippen LogP contribution < -0.4 is 10.6 Å². The molecule has 1 aliphatic rings. The third kappa shape index (κ3) is 4.71. The smallest absolute Gasteiger partial charge is 0.191 e. The summed E-state index contributed by atoms with van der Waals surface area (Å²) in [6.07, 6.45) is 3.44. The van der Waals surface area contributed by atoms with E-state index < -0.39 is 0 Å². The lowest BCUT2D eigenvalue weighted by Crippen LogP contribution is -2.41. The molecule has 1 aliphatic carbocycles. The van der Waals surface area contributed by atoms with Crippen LogP contribution in [0.1, 0.15) is 31.7 Å². The Morgan fingerprint density at radius 3 is 2.73 bits per heavy atom. The predicted octanol–water partition coefficient (Wildman–Crippen LogP) is 3.07. The van der Waals surface area contributed by atoms with Crippen LogP contribution in [0.25, 0.3) is 0 Å². The molecular formula is C17H26BrN3O. The van der Waals surface area contributed by atoms with Crippen LogP contribution in [0.4, 0.5) is 0 Å². The van der Waals surface area contributed by atoms with Crippen molar-refractivity contribution in [3.63, 3.8) is 0 Å². The molecule has 0 amide bonds. The van der Waals surface area contributed by atoms with Crippen molar-refractivity contribution in [3.8, 4) is 0 Å². The van der Waals surface area contributed by atoms with Crippen molar-refractivity contribution >= 4 is 21.9 Å². The average Bonchev–Trinajstić information content (AvgIpc) is 3.31. The van der Waals surface area contributed by atoms with E-state index in [1.54, 1.807) is 0 Å². The Kier molecular flexibility index (Phi) is 6.70.